The molecule has 0 spiro atoms. The van der Waals surface area contributed by atoms with Gasteiger partial charge in [-0.2, -0.15) is 17.5 Å². The molecule has 2 fully saturated rings. The molecular formula is C20H28F3N3O3S. The van der Waals surface area contributed by atoms with Crippen molar-refractivity contribution in [1.29, 1.82) is 0 Å². The fraction of sp³-hybridized carbons (Fsp3) is 0.650. The van der Waals surface area contributed by atoms with Gasteiger partial charge in [0, 0.05) is 19.1 Å². The number of nitrogens with two attached hydrogens (primary N) is 1. The Balaban J connectivity index is 1.70. The monoisotopic (exact) mass is 447 g/mol. The highest BCUT2D eigenvalue weighted by atomic mass is 32.2. The second-order valence-corrected chi connectivity index (χ2v) is 11.2. The molecule has 3 N–H and O–H groups in total. The summed E-state index contributed by atoms with van der Waals surface area (Å²) in [7, 11) is -3.91. The maximum atomic E-state index is 12.9. The molecule has 0 radical (unpaired) electrons. The van der Waals surface area contributed by atoms with Gasteiger partial charge in [0.15, 0.2) is 0 Å². The normalized spacial score (nSPS) is 26.4. The van der Waals surface area contributed by atoms with Gasteiger partial charge in [0.1, 0.15) is 0 Å². The van der Waals surface area contributed by atoms with Crippen molar-refractivity contribution in [2.75, 3.05) is 13.1 Å². The number of hydrogen-bond acceptors (Lipinski definition) is 4. The minimum Gasteiger partial charge on any atom is -0.352 e. The molecule has 1 aliphatic heterocycles. The average molecular weight is 448 g/mol. The summed E-state index contributed by atoms with van der Waals surface area (Å²) in [6.45, 7) is 6.16. The highest BCUT2D eigenvalue weighted by Crippen LogP contribution is 2.40. The number of nitrogens with zero attached hydrogens (tertiary/aromatic N) is 1. The van der Waals surface area contributed by atoms with Crippen molar-refractivity contribution in [3.63, 3.8) is 0 Å². The molecule has 0 aromatic heterocycles. The van der Waals surface area contributed by atoms with Crippen LogP contribution < -0.4 is 11.1 Å². The van der Waals surface area contributed by atoms with Gasteiger partial charge in [-0.3, -0.25) is 4.79 Å². The molecule has 168 valence electrons. The third-order valence-electron chi connectivity index (χ3n) is 6.19. The van der Waals surface area contributed by atoms with E-state index in [2.05, 4.69) is 5.32 Å². The van der Waals surface area contributed by atoms with Gasteiger partial charge < -0.3 is 11.1 Å². The predicted molar refractivity (Wildman–Crippen MR) is 106 cm³/mol. The van der Waals surface area contributed by atoms with E-state index >= 15 is 0 Å². The summed E-state index contributed by atoms with van der Waals surface area (Å²) in [5, 5.41) is 2.98. The summed E-state index contributed by atoms with van der Waals surface area (Å²) in [4.78, 5) is 12.3. The Morgan fingerprint density at radius 2 is 1.73 bits per heavy atom. The predicted octanol–water partition coefficient (Wildman–Crippen LogP) is 2.59. The summed E-state index contributed by atoms with van der Waals surface area (Å²) in [5.41, 5.74) is 4.74. The molecular weight excluding hydrogens is 419 g/mol. The number of sulfonamides is 1. The van der Waals surface area contributed by atoms with Crippen molar-refractivity contribution in [3.05, 3.63) is 29.8 Å². The van der Waals surface area contributed by atoms with Gasteiger partial charge in [0.25, 0.3) is 0 Å². The number of fused-ring (bicyclic) bond motifs is 1. The molecule has 4 atom stereocenters. The van der Waals surface area contributed by atoms with Crippen LogP contribution in [0.15, 0.2) is 29.2 Å². The number of rotatable bonds is 4. The first-order valence-corrected chi connectivity index (χ1v) is 11.4. The van der Waals surface area contributed by atoms with Gasteiger partial charge in [-0.1, -0.05) is 20.8 Å². The first-order chi connectivity index (χ1) is 13.7. The standard InChI is InChI=1S/C20H28F3N3O3S/c1-19(2,3)17(24)18(27)25-16-9-4-12-10-26(11-15(12)16)30(28,29)14-7-5-13(6-8-14)20(21,22)23/h5-8,12,15-17H,4,9-11,24H2,1-3H3,(H,25,27)/t12-,15+,16+,17-/m1/s1. The lowest BCUT2D eigenvalue weighted by Crippen LogP contribution is -2.52. The molecule has 1 saturated heterocycles. The highest BCUT2D eigenvalue weighted by Gasteiger charge is 2.47. The fourth-order valence-corrected chi connectivity index (χ4v) is 5.77. The Kier molecular flexibility index (Phi) is 5.98. The Morgan fingerprint density at radius 1 is 1.13 bits per heavy atom. The number of halogens is 3. The van der Waals surface area contributed by atoms with Crippen LogP contribution >= 0.6 is 0 Å². The van der Waals surface area contributed by atoms with Crippen molar-refractivity contribution in [1.82, 2.24) is 9.62 Å². The summed E-state index contributed by atoms with van der Waals surface area (Å²) in [6, 6.07) is 2.71. The van der Waals surface area contributed by atoms with Crippen LogP contribution in [0.4, 0.5) is 13.2 Å². The second-order valence-electron chi connectivity index (χ2n) is 9.30. The number of amides is 1. The molecule has 3 rings (SSSR count). The molecule has 30 heavy (non-hydrogen) atoms. The molecule has 2 aliphatic rings. The van der Waals surface area contributed by atoms with E-state index in [1.165, 1.54) is 4.31 Å². The van der Waals surface area contributed by atoms with Crippen molar-refractivity contribution in [3.8, 4) is 0 Å². The zero-order valence-corrected chi connectivity index (χ0v) is 18.1. The number of carbonyl (C=O) groups excluding carboxylic acids is 1. The summed E-state index contributed by atoms with van der Waals surface area (Å²) >= 11 is 0. The van der Waals surface area contributed by atoms with Crippen molar-refractivity contribution >= 4 is 15.9 Å². The van der Waals surface area contributed by atoms with Crippen molar-refractivity contribution < 1.29 is 26.4 Å². The van der Waals surface area contributed by atoms with Crippen LogP contribution in [0.3, 0.4) is 0 Å². The third-order valence-corrected chi connectivity index (χ3v) is 8.03. The minimum absolute atomic E-state index is 0.0367. The van der Waals surface area contributed by atoms with E-state index in [-0.39, 0.29) is 35.2 Å². The van der Waals surface area contributed by atoms with Crippen LogP contribution in [0.1, 0.15) is 39.2 Å². The quantitative estimate of drug-likeness (QED) is 0.742. The minimum atomic E-state index is -4.52. The summed E-state index contributed by atoms with van der Waals surface area (Å²) < 4.78 is 65.4. The lowest BCUT2D eigenvalue weighted by atomic mass is 9.86. The number of carbonyl (C=O) groups is 1. The molecule has 6 nitrogen and oxygen atoms in total. The fourth-order valence-electron chi connectivity index (χ4n) is 4.23. The largest absolute Gasteiger partial charge is 0.416 e. The van der Waals surface area contributed by atoms with Gasteiger partial charge in [-0.05, 0) is 54.4 Å². The zero-order chi connectivity index (χ0) is 22.5. The number of hydrogen-bond donors (Lipinski definition) is 2. The van der Waals surface area contributed by atoms with Crippen molar-refractivity contribution in [2.45, 2.75) is 56.8 Å². The maximum absolute atomic E-state index is 12.9. The van der Waals surface area contributed by atoms with Crippen LogP contribution in [-0.2, 0) is 21.0 Å². The first kappa shape index (κ1) is 23.0. The highest BCUT2D eigenvalue weighted by molar-refractivity contribution is 7.89. The molecule has 10 heteroatoms. The Hall–Kier alpha value is -1.65. The van der Waals surface area contributed by atoms with E-state index in [9.17, 15) is 26.4 Å². The molecule has 1 aromatic rings. The lowest BCUT2D eigenvalue weighted by Gasteiger charge is -2.29. The van der Waals surface area contributed by atoms with Gasteiger partial charge >= 0.3 is 6.18 Å². The SMILES string of the molecule is CC(C)(C)[C@H](N)C(=O)N[C@H]1CC[C@@H]2CN(S(=O)(=O)c3ccc(C(F)(F)F)cc3)C[C@@H]21. The molecule has 1 saturated carbocycles. The van der Waals surface area contributed by atoms with Gasteiger partial charge in [0.2, 0.25) is 15.9 Å². The zero-order valence-electron chi connectivity index (χ0n) is 17.2. The van der Waals surface area contributed by atoms with E-state index in [1.54, 1.807) is 0 Å². The number of alkyl halides is 3. The smallest absolute Gasteiger partial charge is 0.352 e. The Bertz CT molecular complexity index is 895. The summed E-state index contributed by atoms with van der Waals surface area (Å²) in [5.74, 6) is -0.187. The van der Waals surface area contributed by atoms with Crippen LogP contribution in [0.5, 0.6) is 0 Å². The van der Waals surface area contributed by atoms with E-state index < -0.39 is 33.2 Å². The molecule has 1 aromatic carbocycles. The van der Waals surface area contributed by atoms with Crippen LogP contribution in [0, 0.1) is 17.3 Å². The topological polar surface area (TPSA) is 92.5 Å². The summed E-state index contributed by atoms with van der Waals surface area (Å²) in [6.07, 6.45) is -2.99. The molecule has 0 bridgehead atoms. The number of nitrogens with one attached hydrogen (secondary N) is 1. The Morgan fingerprint density at radius 3 is 2.27 bits per heavy atom. The maximum Gasteiger partial charge on any atom is 0.416 e. The molecule has 1 aliphatic carbocycles. The van der Waals surface area contributed by atoms with Crippen LogP contribution in [0.25, 0.3) is 0 Å². The molecule has 1 amide bonds. The van der Waals surface area contributed by atoms with Gasteiger partial charge in [-0.25, -0.2) is 8.42 Å². The van der Waals surface area contributed by atoms with E-state index in [0.29, 0.717) is 6.54 Å². The average Bonchev–Trinajstić information content (AvgIpc) is 3.22. The third kappa shape index (κ3) is 4.50. The van der Waals surface area contributed by atoms with Gasteiger partial charge in [0.05, 0.1) is 16.5 Å². The van der Waals surface area contributed by atoms with E-state index in [4.69, 9.17) is 5.73 Å². The van der Waals surface area contributed by atoms with E-state index in [1.807, 2.05) is 20.8 Å². The second kappa shape index (κ2) is 7.80. The van der Waals surface area contributed by atoms with Crippen LogP contribution in [-0.4, -0.2) is 43.8 Å². The van der Waals surface area contributed by atoms with Crippen LogP contribution in [0.2, 0.25) is 0 Å². The van der Waals surface area contributed by atoms with Gasteiger partial charge in [-0.15, -0.1) is 0 Å². The van der Waals surface area contributed by atoms with Crippen molar-refractivity contribution in [2.24, 2.45) is 23.0 Å². The lowest BCUT2D eigenvalue weighted by molar-refractivity contribution is -0.137. The molecule has 1 heterocycles. The van der Waals surface area contributed by atoms with E-state index in [0.717, 1.165) is 37.1 Å². The first-order valence-electron chi connectivity index (χ1n) is 9.94. The number of benzene rings is 1. The molecule has 0 unspecified atom stereocenters. The Labute approximate surface area is 175 Å².